The Hall–Kier alpha value is -1.26. The van der Waals surface area contributed by atoms with Gasteiger partial charge in [0.25, 0.3) is 0 Å². The molecule has 1 aromatic rings. The van der Waals surface area contributed by atoms with Gasteiger partial charge in [-0.3, -0.25) is 0 Å². The lowest BCUT2D eigenvalue weighted by molar-refractivity contribution is 0.200. The normalized spacial score (nSPS) is 17.9. The van der Waals surface area contributed by atoms with E-state index in [-0.39, 0.29) is 18.6 Å². The molecule has 0 amide bonds. The van der Waals surface area contributed by atoms with Crippen molar-refractivity contribution in [3.63, 3.8) is 0 Å². The van der Waals surface area contributed by atoms with Crippen molar-refractivity contribution < 1.29 is 14.6 Å². The van der Waals surface area contributed by atoms with Crippen molar-refractivity contribution in [2.45, 2.75) is 25.8 Å². The molecule has 4 heteroatoms. The summed E-state index contributed by atoms with van der Waals surface area (Å²) in [5.74, 6) is 1.61. The number of ether oxygens (including phenoxy) is 2. The Balaban J connectivity index is 2.21. The Morgan fingerprint density at radius 2 is 2.00 bits per heavy atom. The van der Waals surface area contributed by atoms with Crippen LogP contribution in [0.3, 0.4) is 0 Å². The van der Waals surface area contributed by atoms with Crippen molar-refractivity contribution in [2.24, 2.45) is 11.7 Å². The first-order valence-corrected chi connectivity index (χ1v) is 6.52. The number of aliphatic hydroxyl groups excluding tert-OH is 1. The molecule has 0 fully saturated rings. The number of aliphatic hydroxyl groups is 1. The van der Waals surface area contributed by atoms with Crippen molar-refractivity contribution in [1.82, 2.24) is 0 Å². The number of rotatable bonds is 4. The molecular formula is C14H21NO3. The van der Waals surface area contributed by atoms with E-state index < -0.39 is 0 Å². The fourth-order valence-electron chi connectivity index (χ4n) is 2.16. The van der Waals surface area contributed by atoms with Crippen molar-refractivity contribution in [1.29, 1.82) is 0 Å². The van der Waals surface area contributed by atoms with Crippen molar-refractivity contribution in [2.75, 3.05) is 19.8 Å². The van der Waals surface area contributed by atoms with E-state index in [9.17, 15) is 5.11 Å². The van der Waals surface area contributed by atoms with Crippen LogP contribution in [0, 0.1) is 5.92 Å². The Morgan fingerprint density at radius 1 is 1.28 bits per heavy atom. The lowest BCUT2D eigenvalue weighted by atomic mass is 9.92. The summed E-state index contributed by atoms with van der Waals surface area (Å²) in [5.41, 5.74) is 7.16. The lowest BCUT2D eigenvalue weighted by Crippen LogP contribution is -2.23. The van der Waals surface area contributed by atoms with Gasteiger partial charge in [-0.1, -0.05) is 13.0 Å². The highest BCUT2D eigenvalue weighted by Gasteiger charge is 2.19. The van der Waals surface area contributed by atoms with Crippen LogP contribution < -0.4 is 15.2 Å². The van der Waals surface area contributed by atoms with E-state index in [1.807, 2.05) is 25.1 Å². The van der Waals surface area contributed by atoms with Crippen molar-refractivity contribution in [3.8, 4) is 11.5 Å². The third kappa shape index (κ3) is 2.76. The predicted octanol–water partition coefficient (Wildman–Crippen LogP) is 1.87. The molecule has 0 spiro atoms. The SMILES string of the molecule is CCC(CO)C(N)c1ccc2c(c1)OCCCO2. The van der Waals surface area contributed by atoms with Crippen LogP contribution in [0.15, 0.2) is 18.2 Å². The van der Waals surface area contributed by atoms with Gasteiger partial charge in [-0.15, -0.1) is 0 Å². The van der Waals surface area contributed by atoms with Gasteiger partial charge in [-0.2, -0.15) is 0 Å². The molecule has 0 saturated carbocycles. The second-order valence-corrected chi connectivity index (χ2v) is 4.63. The van der Waals surface area contributed by atoms with Crippen LogP contribution in [0.5, 0.6) is 11.5 Å². The highest BCUT2D eigenvalue weighted by molar-refractivity contribution is 5.44. The maximum absolute atomic E-state index is 9.31. The van der Waals surface area contributed by atoms with Crippen LogP contribution in [0.25, 0.3) is 0 Å². The van der Waals surface area contributed by atoms with E-state index in [0.717, 1.165) is 29.9 Å². The summed E-state index contributed by atoms with van der Waals surface area (Å²) in [7, 11) is 0. The average Bonchev–Trinajstić information content (AvgIpc) is 2.64. The van der Waals surface area contributed by atoms with Gasteiger partial charge < -0.3 is 20.3 Å². The molecule has 2 rings (SSSR count). The molecule has 0 bridgehead atoms. The zero-order valence-corrected chi connectivity index (χ0v) is 10.8. The summed E-state index contributed by atoms with van der Waals surface area (Å²) in [6.07, 6.45) is 1.75. The molecule has 100 valence electrons. The van der Waals surface area contributed by atoms with E-state index in [2.05, 4.69) is 0 Å². The van der Waals surface area contributed by atoms with Gasteiger partial charge in [0.05, 0.1) is 13.2 Å². The molecule has 1 aromatic carbocycles. The molecule has 0 aromatic heterocycles. The van der Waals surface area contributed by atoms with E-state index in [1.165, 1.54) is 0 Å². The minimum atomic E-state index is -0.169. The monoisotopic (exact) mass is 251 g/mol. The molecule has 2 unspecified atom stereocenters. The first-order chi connectivity index (χ1) is 8.76. The average molecular weight is 251 g/mol. The maximum atomic E-state index is 9.31. The highest BCUT2D eigenvalue weighted by Crippen LogP contribution is 2.33. The molecule has 18 heavy (non-hydrogen) atoms. The van der Waals surface area contributed by atoms with Crippen molar-refractivity contribution >= 4 is 0 Å². The van der Waals surface area contributed by atoms with Crippen LogP contribution in [0.4, 0.5) is 0 Å². The van der Waals surface area contributed by atoms with Crippen molar-refractivity contribution in [3.05, 3.63) is 23.8 Å². The molecule has 1 aliphatic rings. The van der Waals surface area contributed by atoms with E-state index >= 15 is 0 Å². The Labute approximate surface area is 108 Å². The quantitative estimate of drug-likeness (QED) is 0.857. The number of hydrogen-bond donors (Lipinski definition) is 2. The van der Waals surface area contributed by atoms with Crippen LogP contribution in [0.1, 0.15) is 31.4 Å². The summed E-state index contributed by atoms with van der Waals surface area (Å²) in [4.78, 5) is 0. The van der Waals surface area contributed by atoms with Crippen LogP contribution in [0.2, 0.25) is 0 Å². The Bertz CT molecular complexity index is 391. The van der Waals surface area contributed by atoms with Crippen LogP contribution >= 0.6 is 0 Å². The minimum Gasteiger partial charge on any atom is -0.490 e. The number of fused-ring (bicyclic) bond motifs is 1. The summed E-state index contributed by atoms with van der Waals surface area (Å²) in [5, 5.41) is 9.31. The first-order valence-electron chi connectivity index (χ1n) is 6.52. The molecule has 4 nitrogen and oxygen atoms in total. The van der Waals surface area contributed by atoms with Gasteiger partial charge in [-0.25, -0.2) is 0 Å². The van der Waals surface area contributed by atoms with Gasteiger partial charge >= 0.3 is 0 Å². The molecule has 1 heterocycles. The predicted molar refractivity (Wildman–Crippen MR) is 69.8 cm³/mol. The third-order valence-corrected chi connectivity index (χ3v) is 3.42. The molecule has 1 aliphatic heterocycles. The fraction of sp³-hybridized carbons (Fsp3) is 0.571. The zero-order chi connectivity index (χ0) is 13.0. The number of nitrogens with two attached hydrogens (primary N) is 1. The standard InChI is InChI=1S/C14H21NO3/c1-2-10(9-16)14(15)11-4-5-12-13(8-11)18-7-3-6-17-12/h4-5,8,10,14,16H,2-3,6-7,9,15H2,1H3. The molecule has 0 saturated heterocycles. The Kier molecular flexibility index (Phi) is 4.44. The zero-order valence-electron chi connectivity index (χ0n) is 10.8. The van der Waals surface area contributed by atoms with Crippen LogP contribution in [-0.2, 0) is 0 Å². The van der Waals surface area contributed by atoms with Gasteiger partial charge in [0.2, 0.25) is 0 Å². The minimum absolute atomic E-state index is 0.0785. The smallest absolute Gasteiger partial charge is 0.161 e. The second-order valence-electron chi connectivity index (χ2n) is 4.63. The van der Waals surface area contributed by atoms with Gasteiger partial charge in [0.1, 0.15) is 0 Å². The van der Waals surface area contributed by atoms with E-state index in [1.54, 1.807) is 0 Å². The van der Waals surface area contributed by atoms with Gasteiger partial charge in [0, 0.05) is 25.0 Å². The largest absolute Gasteiger partial charge is 0.490 e. The topological polar surface area (TPSA) is 64.7 Å². The fourth-order valence-corrected chi connectivity index (χ4v) is 2.16. The molecule has 0 radical (unpaired) electrons. The second kappa shape index (κ2) is 6.07. The molecule has 2 atom stereocenters. The lowest BCUT2D eigenvalue weighted by Gasteiger charge is -2.21. The molecule has 3 N–H and O–H groups in total. The first kappa shape index (κ1) is 13.2. The maximum Gasteiger partial charge on any atom is 0.161 e. The summed E-state index contributed by atoms with van der Waals surface area (Å²) < 4.78 is 11.2. The highest BCUT2D eigenvalue weighted by atomic mass is 16.5. The molecular weight excluding hydrogens is 230 g/mol. The summed E-state index contributed by atoms with van der Waals surface area (Å²) in [6.45, 7) is 3.49. The number of benzene rings is 1. The Morgan fingerprint density at radius 3 is 2.67 bits per heavy atom. The third-order valence-electron chi connectivity index (χ3n) is 3.42. The number of hydrogen-bond acceptors (Lipinski definition) is 4. The van der Waals surface area contributed by atoms with E-state index in [0.29, 0.717) is 13.2 Å². The summed E-state index contributed by atoms with van der Waals surface area (Å²) >= 11 is 0. The molecule has 0 aliphatic carbocycles. The van der Waals surface area contributed by atoms with Gasteiger partial charge in [0.15, 0.2) is 11.5 Å². The van der Waals surface area contributed by atoms with Gasteiger partial charge in [-0.05, 0) is 24.1 Å². The summed E-state index contributed by atoms with van der Waals surface area (Å²) in [6, 6.07) is 5.62. The van der Waals surface area contributed by atoms with E-state index in [4.69, 9.17) is 15.2 Å². The van der Waals surface area contributed by atoms with Crippen LogP contribution in [-0.4, -0.2) is 24.9 Å².